The number of benzene rings is 2. The maximum Gasteiger partial charge on any atom is 0.257 e. The fourth-order valence-electron chi connectivity index (χ4n) is 4.87. The van der Waals surface area contributed by atoms with Gasteiger partial charge >= 0.3 is 0 Å². The summed E-state index contributed by atoms with van der Waals surface area (Å²) in [5.74, 6) is 0.344. The molecule has 1 fully saturated rings. The summed E-state index contributed by atoms with van der Waals surface area (Å²) in [6, 6.07) is 14.9. The molecule has 2 unspecified atom stereocenters. The largest absolute Gasteiger partial charge is 0.457 e. The first-order valence-corrected chi connectivity index (χ1v) is 16.5. The molecule has 10 nitrogen and oxygen atoms in total. The van der Waals surface area contributed by atoms with Crippen molar-refractivity contribution in [1.29, 1.82) is 0 Å². The lowest BCUT2D eigenvalue weighted by atomic mass is 10.0. The minimum Gasteiger partial charge on any atom is -0.457 e. The van der Waals surface area contributed by atoms with Crippen molar-refractivity contribution in [3.05, 3.63) is 83.0 Å². The second-order valence-electron chi connectivity index (χ2n) is 10.6. The van der Waals surface area contributed by atoms with Crippen LogP contribution in [0.15, 0.2) is 71.1 Å². The predicted molar refractivity (Wildman–Crippen MR) is 164 cm³/mol. The van der Waals surface area contributed by atoms with Gasteiger partial charge in [0.25, 0.3) is 5.91 Å². The van der Waals surface area contributed by atoms with Crippen molar-refractivity contribution < 1.29 is 27.5 Å². The molecule has 3 heterocycles. The van der Waals surface area contributed by atoms with Gasteiger partial charge in [-0.1, -0.05) is 6.07 Å². The number of thiazole rings is 1. The summed E-state index contributed by atoms with van der Waals surface area (Å²) in [5.41, 5.74) is 3.18. The molecule has 2 aromatic carbocycles. The third kappa shape index (κ3) is 7.64. The van der Waals surface area contributed by atoms with Gasteiger partial charge in [0.2, 0.25) is 5.91 Å². The number of morpholine rings is 1. The first kappa shape index (κ1) is 30.3. The molecule has 5 rings (SSSR count). The van der Waals surface area contributed by atoms with E-state index in [1.165, 1.54) is 23.5 Å². The van der Waals surface area contributed by atoms with Crippen LogP contribution >= 0.6 is 11.3 Å². The number of anilines is 1. The molecule has 4 aromatic rings. The lowest BCUT2D eigenvalue weighted by Gasteiger charge is -2.35. The van der Waals surface area contributed by atoms with E-state index in [9.17, 15) is 18.0 Å². The quantitative estimate of drug-likeness (QED) is 0.287. The Morgan fingerprint density at radius 1 is 1.07 bits per heavy atom. The second kappa shape index (κ2) is 12.6. The van der Waals surface area contributed by atoms with Crippen LogP contribution in [0.3, 0.4) is 0 Å². The summed E-state index contributed by atoms with van der Waals surface area (Å²) in [4.78, 5) is 37.2. The van der Waals surface area contributed by atoms with Crippen LogP contribution < -0.4 is 10.1 Å². The number of carbonyl (C=O) groups excluding carboxylic acids is 2. The Hall–Kier alpha value is -4.13. The molecule has 1 aliphatic rings. The molecule has 1 N–H and O–H groups in total. The molecule has 0 bridgehead atoms. The van der Waals surface area contributed by atoms with Gasteiger partial charge in [0, 0.05) is 42.0 Å². The summed E-state index contributed by atoms with van der Waals surface area (Å²) in [5, 5.41) is 4.97. The molecule has 1 aliphatic heterocycles. The Balaban J connectivity index is 1.35. The Morgan fingerprint density at radius 3 is 2.47 bits per heavy atom. The predicted octanol–water partition coefficient (Wildman–Crippen LogP) is 5.14. The summed E-state index contributed by atoms with van der Waals surface area (Å²) in [6.45, 7) is 6.89. The normalized spacial score (nSPS) is 17.0. The van der Waals surface area contributed by atoms with Crippen LogP contribution in [0.2, 0.25) is 0 Å². The molecule has 2 amide bonds. The number of amides is 2. The molecular formula is C31H32N4O6S2. The van der Waals surface area contributed by atoms with Gasteiger partial charge in [-0.15, -0.1) is 11.3 Å². The number of ether oxygens (including phenoxy) is 2. The molecule has 0 spiro atoms. The second-order valence-corrected chi connectivity index (χ2v) is 13.5. The van der Waals surface area contributed by atoms with Gasteiger partial charge in [-0.2, -0.15) is 0 Å². The minimum absolute atomic E-state index is 0.0238. The molecule has 0 saturated carbocycles. The van der Waals surface area contributed by atoms with Crippen LogP contribution in [-0.4, -0.2) is 66.7 Å². The van der Waals surface area contributed by atoms with Crippen molar-refractivity contribution in [2.45, 2.75) is 44.3 Å². The number of hydrogen-bond donors (Lipinski definition) is 1. The fraction of sp³-hybridized carbons (Fsp3) is 0.290. The van der Waals surface area contributed by atoms with Gasteiger partial charge < -0.3 is 14.4 Å². The summed E-state index contributed by atoms with van der Waals surface area (Å²) in [6.07, 6.45) is 2.90. The van der Waals surface area contributed by atoms with Gasteiger partial charge in [0.15, 0.2) is 15.0 Å². The van der Waals surface area contributed by atoms with E-state index in [0.717, 1.165) is 11.8 Å². The number of aromatic nitrogens is 2. The molecule has 2 aromatic heterocycles. The highest BCUT2D eigenvalue weighted by Gasteiger charge is 2.26. The number of nitrogens with one attached hydrogen (secondary N) is 1. The molecule has 0 aliphatic carbocycles. The Morgan fingerprint density at radius 2 is 1.79 bits per heavy atom. The van der Waals surface area contributed by atoms with Crippen LogP contribution in [0, 0.1) is 6.92 Å². The van der Waals surface area contributed by atoms with E-state index < -0.39 is 15.7 Å². The SMILES string of the molecule is Cc1cccnc1-c1cc(Oc2ccc(S(C)(=O)=O)cc2)cc(C(=O)Nc2nc(CC(=O)N3CC(C)OC(C)C3)cs2)c1. The van der Waals surface area contributed by atoms with Crippen LogP contribution in [0.5, 0.6) is 11.5 Å². The van der Waals surface area contributed by atoms with Crippen molar-refractivity contribution in [3.8, 4) is 22.8 Å². The molecule has 2 atom stereocenters. The first-order chi connectivity index (χ1) is 20.4. The number of pyridine rings is 1. The topological polar surface area (TPSA) is 128 Å². The number of hydrogen-bond acceptors (Lipinski definition) is 9. The molecule has 12 heteroatoms. The minimum atomic E-state index is -3.35. The molecule has 0 radical (unpaired) electrons. The highest BCUT2D eigenvalue weighted by molar-refractivity contribution is 7.90. The van der Waals surface area contributed by atoms with E-state index in [0.29, 0.717) is 52.2 Å². The highest BCUT2D eigenvalue weighted by atomic mass is 32.2. The van der Waals surface area contributed by atoms with Crippen molar-refractivity contribution in [1.82, 2.24) is 14.9 Å². The number of nitrogens with zero attached hydrogens (tertiary/aromatic N) is 3. The summed E-state index contributed by atoms with van der Waals surface area (Å²) < 4.78 is 35.4. The summed E-state index contributed by atoms with van der Waals surface area (Å²) in [7, 11) is -3.35. The van der Waals surface area contributed by atoms with Gasteiger partial charge in [-0.05, 0) is 74.9 Å². The average molecular weight is 621 g/mol. The summed E-state index contributed by atoms with van der Waals surface area (Å²) >= 11 is 1.24. The Labute approximate surface area is 254 Å². The maximum atomic E-state index is 13.4. The van der Waals surface area contributed by atoms with Crippen LogP contribution in [-0.2, 0) is 25.8 Å². The fourth-order valence-corrected chi connectivity index (χ4v) is 6.20. The van der Waals surface area contributed by atoms with Crippen molar-refractivity contribution in [3.63, 3.8) is 0 Å². The number of aryl methyl sites for hydroxylation is 1. The van der Waals surface area contributed by atoms with Crippen molar-refractivity contribution >= 4 is 38.1 Å². The molecule has 224 valence electrons. The lowest BCUT2D eigenvalue weighted by Crippen LogP contribution is -2.48. The third-order valence-electron chi connectivity index (χ3n) is 6.82. The Bertz CT molecular complexity index is 1740. The third-order valence-corrected chi connectivity index (χ3v) is 8.75. The van der Waals surface area contributed by atoms with E-state index in [1.807, 2.05) is 32.9 Å². The van der Waals surface area contributed by atoms with Crippen LogP contribution in [0.4, 0.5) is 5.13 Å². The van der Waals surface area contributed by atoms with Gasteiger partial charge in [-0.3, -0.25) is 19.9 Å². The molecular weight excluding hydrogens is 588 g/mol. The highest BCUT2D eigenvalue weighted by Crippen LogP contribution is 2.31. The van der Waals surface area contributed by atoms with E-state index in [1.54, 1.807) is 46.8 Å². The molecule has 43 heavy (non-hydrogen) atoms. The Kier molecular flexibility index (Phi) is 8.90. The average Bonchev–Trinajstić information content (AvgIpc) is 3.38. The zero-order valence-electron chi connectivity index (χ0n) is 24.2. The van der Waals surface area contributed by atoms with Gasteiger partial charge in [0.1, 0.15) is 11.5 Å². The number of rotatable bonds is 8. The number of sulfone groups is 1. The smallest absolute Gasteiger partial charge is 0.257 e. The van der Waals surface area contributed by atoms with Crippen LogP contribution in [0.25, 0.3) is 11.3 Å². The van der Waals surface area contributed by atoms with E-state index >= 15 is 0 Å². The first-order valence-electron chi connectivity index (χ1n) is 13.7. The standard InChI is InChI=1S/C31H32N4O6S2/c1-19-6-5-11-32-29(19)22-12-23(14-26(13-22)41-25-7-9-27(10-8-25)43(4,38)39)30(37)34-31-33-24(18-42-31)15-28(36)35-16-20(2)40-21(3)17-35/h5-14,18,20-21H,15-17H2,1-4H3,(H,33,34,37). The monoisotopic (exact) mass is 620 g/mol. The zero-order valence-corrected chi connectivity index (χ0v) is 25.9. The maximum absolute atomic E-state index is 13.4. The van der Waals surface area contributed by atoms with Crippen molar-refractivity contribution in [2.75, 3.05) is 24.7 Å². The van der Waals surface area contributed by atoms with Crippen molar-refractivity contribution in [2.24, 2.45) is 0 Å². The number of carbonyl (C=O) groups is 2. The van der Waals surface area contributed by atoms with Gasteiger partial charge in [0.05, 0.1) is 34.9 Å². The van der Waals surface area contributed by atoms with E-state index in [4.69, 9.17) is 9.47 Å². The van der Waals surface area contributed by atoms with Gasteiger partial charge in [-0.25, -0.2) is 13.4 Å². The zero-order chi connectivity index (χ0) is 30.7. The van der Waals surface area contributed by atoms with Crippen LogP contribution in [0.1, 0.15) is 35.5 Å². The molecule has 1 saturated heterocycles. The lowest BCUT2D eigenvalue weighted by molar-refractivity contribution is -0.142. The van der Waals surface area contributed by atoms with E-state index in [-0.39, 0.29) is 29.4 Å². The van der Waals surface area contributed by atoms with E-state index in [2.05, 4.69) is 15.3 Å².